The van der Waals surface area contributed by atoms with E-state index in [1.54, 1.807) is 35.4 Å². The summed E-state index contributed by atoms with van der Waals surface area (Å²) in [5.41, 5.74) is 2.15. The fourth-order valence-electron chi connectivity index (χ4n) is 4.12. The highest BCUT2D eigenvalue weighted by Crippen LogP contribution is 2.35. The van der Waals surface area contributed by atoms with E-state index in [1.807, 2.05) is 24.3 Å². The molecule has 0 saturated heterocycles. The van der Waals surface area contributed by atoms with Crippen molar-refractivity contribution in [1.82, 2.24) is 15.5 Å². The molecule has 0 spiro atoms. The molecule has 38 heavy (non-hydrogen) atoms. The lowest BCUT2D eigenvalue weighted by Crippen LogP contribution is -2.44. The molecule has 5 rings (SSSR count). The lowest BCUT2D eigenvalue weighted by molar-refractivity contribution is -0.122. The first-order chi connectivity index (χ1) is 18.5. The second-order valence-electron chi connectivity index (χ2n) is 8.66. The van der Waals surface area contributed by atoms with Crippen molar-refractivity contribution in [2.45, 2.75) is 32.0 Å². The smallest absolute Gasteiger partial charge is 0.270 e. The van der Waals surface area contributed by atoms with Crippen LogP contribution in [0.3, 0.4) is 0 Å². The predicted octanol–water partition coefficient (Wildman–Crippen LogP) is 3.52. The number of rotatable bonds is 9. The van der Waals surface area contributed by atoms with Crippen LogP contribution in [-0.2, 0) is 27.5 Å². The molecule has 0 saturated carbocycles. The van der Waals surface area contributed by atoms with Gasteiger partial charge in [-0.1, -0.05) is 36.0 Å². The molecule has 0 radical (unpaired) electrons. The third-order valence-electron chi connectivity index (χ3n) is 6.03. The van der Waals surface area contributed by atoms with Crippen LogP contribution in [0.4, 0.5) is 10.1 Å². The van der Waals surface area contributed by atoms with Gasteiger partial charge in [-0.2, -0.15) is 4.99 Å². The zero-order valence-electron chi connectivity index (χ0n) is 20.2. The van der Waals surface area contributed by atoms with Crippen LogP contribution in [0.2, 0.25) is 0 Å². The molecule has 0 bridgehead atoms. The number of nitrogens with zero attached hydrogens (tertiary/aromatic N) is 3. The molecule has 0 aliphatic carbocycles. The first-order valence-corrected chi connectivity index (χ1v) is 13.0. The van der Waals surface area contributed by atoms with E-state index in [4.69, 9.17) is 9.41 Å². The number of nitrogens with one attached hydrogen (secondary N) is 2. The van der Waals surface area contributed by atoms with Crippen molar-refractivity contribution in [2.24, 2.45) is 9.98 Å². The van der Waals surface area contributed by atoms with E-state index in [0.717, 1.165) is 11.1 Å². The number of aliphatic imine (C=N–C) groups is 2. The molecule has 0 fully saturated rings. The molecular formula is C27H24FN5O4S. The number of carbonyl (C=O) groups excluding carboxylic acids is 3. The van der Waals surface area contributed by atoms with Crippen LogP contribution in [0.5, 0.6) is 0 Å². The Bertz CT molecular complexity index is 1410. The van der Waals surface area contributed by atoms with Gasteiger partial charge >= 0.3 is 0 Å². The van der Waals surface area contributed by atoms with Gasteiger partial charge < -0.3 is 15.1 Å². The molecule has 1 atom stereocenters. The number of thioether (sulfide) groups is 1. The number of para-hydroxylation sites is 1. The second-order valence-corrected chi connectivity index (χ2v) is 9.60. The fourth-order valence-corrected chi connectivity index (χ4v) is 4.99. The van der Waals surface area contributed by atoms with Gasteiger partial charge in [0.25, 0.3) is 5.91 Å². The highest BCUT2D eigenvalue weighted by Gasteiger charge is 2.41. The Balaban J connectivity index is 1.24. The highest BCUT2D eigenvalue weighted by molar-refractivity contribution is 8.14. The molecular weight excluding hydrogens is 509 g/mol. The average molecular weight is 534 g/mol. The van der Waals surface area contributed by atoms with Gasteiger partial charge in [0.05, 0.1) is 24.2 Å². The first-order valence-electron chi connectivity index (χ1n) is 12.0. The van der Waals surface area contributed by atoms with Crippen LogP contribution in [0, 0.1) is 5.82 Å². The Labute approximate surface area is 222 Å². The summed E-state index contributed by atoms with van der Waals surface area (Å²) in [6, 6.07) is 16.0. The van der Waals surface area contributed by atoms with E-state index in [-0.39, 0.29) is 55.2 Å². The fraction of sp³-hybridized carbons (Fsp3) is 0.222. The number of hydrogen-bond donors (Lipinski definition) is 2. The highest BCUT2D eigenvalue weighted by atomic mass is 32.2. The van der Waals surface area contributed by atoms with Crippen LogP contribution < -0.4 is 10.6 Å². The molecule has 2 aliphatic heterocycles. The summed E-state index contributed by atoms with van der Waals surface area (Å²) in [5, 5.41) is 6.06. The Morgan fingerprint density at radius 2 is 1.76 bits per heavy atom. The summed E-state index contributed by atoms with van der Waals surface area (Å²) in [6.45, 7) is 0.526. The van der Waals surface area contributed by atoms with Gasteiger partial charge in [0.1, 0.15) is 23.5 Å². The summed E-state index contributed by atoms with van der Waals surface area (Å²) in [5.74, 6) is 0.0260. The van der Waals surface area contributed by atoms with Crippen molar-refractivity contribution < 1.29 is 23.2 Å². The van der Waals surface area contributed by atoms with E-state index >= 15 is 0 Å². The zero-order chi connectivity index (χ0) is 26.5. The molecule has 1 aromatic heterocycles. The van der Waals surface area contributed by atoms with Crippen LogP contribution in [-0.4, -0.2) is 45.4 Å². The third kappa shape index (κ3) is 5.83. The van der Waals surface area contributed by atoms with E-state index in [2.05, 4.69) is 15.6 Å². The van der Waals surface area contributed by atoms with Gasteiger partial charge in [-0.05, 0) is 48.4 Å². The quantitative estimate of drug-likeness (QED) is 0.435. The topological polar surface area (TPSA) is 116 Å². The predicted molar refractivity (Wildman–Crippen MR) is 141 cm³/mol. The van der Waals surface area contributed by atoms with Gasteiger partial charge in [-0.15, -0.1) is 0 Å². The van der Waals surface area contributed by atoms with Crippen molar-refractivity contribution in [3.05, 3.63) is 89.6 Å². The van der Waals surface area contributed by atoms with E-state index in [9.17, 15) is 18.8 Å². The maximum Gasteiger partial charge on any atom is 0.270 e. The van der Waals surface area contributed by atoms with E-state index < -0.39 is 6.04 Å². The zero-order valence-corrected chi connectivity index (χ0v) is 21.0. The van der Waals surface area contributed by atoms with Crippen molar-refractivity contribution in [1.29, 1.82) is 0 Å². The van der Waals surface area contributed by atoms with Crippen LogP contribution >= 0.6 is 11.8 Å². The summed E-state index contributed by atoms with van der Waals surface area (Å²) in [6.07, 6.45) is 1.84. The number of furan rings is 1. The van der Waals surface area contributed by atoms with Crippen LogP contribution in [0.15, 0.2) is 81.3 Å². The maximum absolute atomic E-state index is 13.1. The van der Waals surface area contributed by atoms with Crippen molar-refractivity contribution in [2.75, 3.05) is 5.75 Å². The van der Waals surface area contributed by atoms with Gasteiger partial charge in [0.15, 0.2) is 5.17 Å². The molecule has 194 valence electrons. The lowest BCUT2D eigenvalue weighted by Gasteiger charge is -2.31. The third-order valence-corrected chi connectivity index (χ3v) is 6.98. The monoisotopic (exact) mass is 533 g/mol. The van der Waals surface area contributed by atoms with E-state index in [1.165, 1.54) is 23.9 Å². The average Bonchev–Trinajstić information content (AvgIpc) is 3.56. The summed E-state index contributed by atoms with van der Waals surface area (Å²) in [7, 11) is 0. The Morgan fingerprint density at radius 3 is 2.55 bits per heavy atom. The number of carbonyl (C=O) groups is 3. The van der Waals surface area contributed by atoms with Crippen molar-refractivity contribution >= 4 is 46.2 Å². The Kier molecular flexibility index (Phi) is 7.64. The second kappa shape index (κ2) is 11.4. The molecule has 3 heterocycles. The number of amidine groups is 2. The molecule has 2 aliphatic rings. The normalized spacial score (nSPS) is 15.9. The van der Waals surface area contributed by atoms with Crippen molar-refractivity contribution in [3.63, 3.8) is 0 Å². The van der Waals surface area contributed by atoms with Crippen LogP contribution in [0.25, 0.3) is 0 Å². The minimum Gasteiger partial charge on any atom is -0.467 e. The molecule has 2 N–H and O–H groups in total. The van der Waals surface area contributed by atoms with Gasteiger partial charge in [-0.3, -0.25) is 19.3 Å². The summed E-state index contributed by atoms with van der Waals surface area (Å²) < 4.78 is 18.3. The number of amides is 3. The Hall–Kier alpha value is -4.25. The SMILES string of the molecule is O=C(CCC1C(=O)N=C2c3ccccc3N=C(SCC(=O)NCc3ccco3)N21)NCc1ccc(F)cc1. The summed E-state index contributed by atoms with van der Waals surface area (Å²) >= 11 is 1.20. The van der Waals surface area contributed by atoms with E-state index in [0.29, 0.717) is 22.5 Å². The number of fused-ring (bicyclic) bond motifs is 3. The minimum absolute atomic E-state index is 0.0740. The lowest BCUT2D eigenvalue weighted by atomic mass is 10.1. The largest absolute Gasteiger partial charge is 0.467 e. The minimum atomic E-state index is -0.715. The van der Waals surface area contributed by atoms with Gasteiger partial charge in [-0.25, -0.2) is 9.38 Å². The number of hydrogen-bond acceptors (Lipinski definition) is 7. The van der Waals surface area contributed by atoms with Gasteiger partial charge in [0, 0.05) is 18.5 Å². The molecule has 2 aromatic carbocycles. The maximum atomic E-state index is 13.1. The number of benzene rings is 2. The standard InChI is InChI=1S/C27H24FN5O4S/c28-18-9-7-17(8-10-18)14-29-23(34)12-11-22-26(36)32-25-20-5-1-2-6-21(20)31-27(33(22)25)38-16-24(35)30-15-19-4-3-13-37-19/h1-10,13,22H,11-12,14-16H2,(H,29,34)(H,30,35). The molecule has 11 heteroatoms. The van der Waals surface area contributed by atoms with Crippen LogP contribution in [0.1, 0.15) is 29.7 Å². The molecule has 1 unspecified atom stereocenters. The number of halogens is 1. The molecule has 9 nitrogen and oxygen atoms in total. The van der Waals surface area contributed by atoms with Gasteiger partial charge in [0.2, 0.25) is 11.8 Å². The van der Waals surface area contributed by atoms with Crippen molar-refractivity contribution in [3.8, 4) is 0 Å². The summed E-state index contributed by atoms with van der Waals surface area (Å²) in [4.78, 5) is 48.7. The molecule has 3 amide bonds. The Morgan fingerprint density at radius 1 is 0.974 bits per heavy atom. The first kappa shape index (κ1) is 25.4. The molecule has 3 aromatic rings.